The predicted octanol–water partition coefficient (Wildman–Crippen LogP) is 7.05. The van der Waals surface area contributed by atoms with Crippen molar-refractivity contribution in [2.45, 2.75) is 149 Å². The van der Waals surface area contributed by atoms with E-state index >= 15 is 0 Å². The number of rotatable bonds is 2. The molecule has 2 bridgehead atoms. The average Bonchev–Trinajstić information content (AvgIpc) is 3.02. The Kier molecular flexibility index (Phi) is 12.7. The Hall–Kier alpha value is -2.42. The van der Waals surface area contributed by atoms with Crippen LogP contribution >= 0.6 is 0 Å². The summed E-state index contributed by atoms with van der Waals surface area (Å²) in [6, 6.07) is 0. The summed E-state index contributed by atoms with van der Waals surface area (Å²) >= 11 is 0. The van der Waals surface area contributed by atoms with Gasteiger partial charge in [-0.3, -0.25) is 19.2 Å². The molecular formula is C41H62O8. The van der Waals surface area contributed by atoms with Gasteiger partial charge in [-0.1, -0.05) is 64.3 Å². The number of hydrogen-bond acceptors (Lipinski definition) is 8. The van der Waals surface area contributed by atoms with Crippen LogP contribution in [0.3, 0.4) is 0 Å². The highest BCUT2D eigenvalue weighted by Gasteiger charge is 2.60. The molecule has 4 aliphatic rings. The monoisotopic (exact) mass is 682 g/mol. The lowest BCUT2D eigenvalue weighted by Crippen LogP contribution is -2.55. The quantitative estimate of drug-likeness (QED) is 0.234. The molecule has 2 fully saturated rings. The van der Waals surface area contributed by atoms with Crippen LogP contribution < -0.4 is 0 Å². The Balaban J connectivity index is 1.97. The third kappa shape index (κ3) is 8.39. The fourth-order valence-electron chi connectivity index (χ4n) is 9.27. The van der Waals surface area contributed by atoms with Gasteiger partial charge in [0, 0.05) is 49.4 Å². The first kappa shape index (κ1) is 39.4. The maximum Gasteiger partial charge on any atom is 0.313 e. The first-order chi connectivity index (χ1) is 22.9. The van der Waals surface area contributed by atoms with Gasteiger partial charge in [-0.25, -0.2) is 0 Å². The summed E-state index contributed by atoms with van der Waals surface area (Å²) in [6.07, 6.45) is 5.01. The summed E-state index contributed by atoms with van der Waals surface area (Å²) in [5.74, 6) is -3.59. The Morgan fingerprint density at radius 3 is 2.35 bits per heavy atom. The molecule has 1 saturated heterocycles. The summed E-state index contributed by atoms with van der Waals surface area (Å²) < 4.78 is 12.0. The zero-order valence-corrected chi connectivity index (χ0v) is 31.3. The number of allylic oxidation sites excluding steroid dienone is 3. The van der Waals surface area contributed by atoms with Crippen molar-refractivity contribution in [2.75, 3.05) is 7.11 Å². The van der Waals surface area contributed by atoms with E-state index in [0.717, 1.165) is 36.0 Å². The molecule has 2 aliphatic carbocycles. The molecule has 0 aromatic heterocycles. The molecule has 1 saturated carbocycles. The number of aliphatic hydroxyl groups is 2. The van der Waals surface area contributed by atoms with Gasteiger partial charge >= 0.3 is 5.97 Å². The smallest absolute Gasteiger partial charge is 0.313 e. The van der Waals surface area contributed by atoms with Crippen LogP contribution in [0.2, 0.25) is 0 Å². The van der Waals surface area contributed by atoms with E-state index in [1.54, 1.807) is 6.92 Å². The van der Waals surface area contributed by atoms with E-state index in [1.165, 1.54) is 7.11 Å². The number of methoxy groups -OCH3 is 1. The van der Waals surface area contributed by atoms with Gasteiger partial charge in [0.25, 0.3) is 0 Å². The number of hydrogen-bond donors (Lipinski definition) is 2. The predicted molar refractivity (Wildman–Crippen MR) is 189 cm³/mol. The van der Waals surface area contributed by atoms with Crippen molar-refractivity contribution >= 4 is 23.3 Å². The molecule has 0 unspecified atom stereocenters. The van der Waals surface area contributed by atoms with Crippen LogP contribution in [0, 0.1) is 40.9 Å². The van der Waals surface area contributed by atoms with Crippen molar-refractivity contribution in [3.05, 3.63) is 34.9 Å². The number of Topliss-reactive ketones (excluding diaryl/α,β-unsaturated/α-hetero) is 3. The molecule has 0 aromatic rings. The van der Waals surface area contributed by atoms with E-state index in [9.17, 15) is 29.4 Å². The highest BCUT2D eigenvalue weighted by molar-refractivity contribution is 5.97. The fraction of sp³-hybridized carbons (Fsp3) is 0.756. The summed E-state index contributed by atoms with van der Waals surface area (Å²) in [6.45, 7) is 17.6. The molecule has 2 N–H and O–H groups in total. The normalized spacial score (nSPS) is 40.3. The van der Waals surface area contributed by atoms with Gasteiger partial charge in [-0.05, 0) is 82.3 Å². The molecular weight excluding hydrogens is 620 g/mol. The number of esters is 1. The molecule has 2 heterocycles. The number of carbonyl (C=O) groups excluding carboxylic acids is 4. The lowest BCUT2D eigenvalue weighted by atomic mass is 9.52. The Labute approximate surface area is 294 Å². The van der Waals surface area contributed by atoms with Crippen molar-refractivity contribution in [1.82, 2.24) is 0 Å². The number of carbonyl (C=O) groups is 4. The fourth-order valence-corrected chi connectivity index (χ4v) is 9.27. The second kappa shape index (κ2) is 15.9. The van der Waals surface area contributed by atoms with E-state index in [-0.39, 0.29) is 73.3 Å². The van der Waals surface area contributed by atoms with Gasteiger partial charge in [0.05, 0.1) is 36.4 Å². The van der Waals surface area contributed by atoms with Crippen LogP contribution in [0.1, 0.15) is 126 Å². The first-order valence-corrected chi connectivity index (χ1v) is 18.7. The minimum Gasteiger partial charge on any atom is -0.469 e. The zero-order valence-electron chi connectivity index (χ0n) is 31.3. The van der Waals surface area contributed by atoms with E-state index in [2.05, 4.69) is 6.58 Å². The minimum atomic E-state index is -1.64. The van der Waals surface area contributed by atoms with Gasteiger partial charge in [-0.2, -0.15) is 0 Å². The maximum atomic E-state index is 14.7. The molecule has 10 atom stereocenters. The molecule has 2 aliphatic heterocycles. The molecule has 0 spiro atoms. The Morgan fingerprint density at radius 2 is 1.69 bits per heavy atom. The minimum absolute atomic E-state index is 0.0275. The largest absolute Gasteiger partial charge is 0.469 e. The van der Waals surface area contributed by atoms with Gasteiger partial charge < -0.3 is 19.7 Å². The highest BCUT2D eigenvalue weighted by Crippen LogP contribution is 2.56. The highest BCUT2D eigenvalue weighted by atomic mass is 16.5. The van der Waals surface area contributed by atoms with Crippen LogP contribution in [0.5, 0.6) is 0 Å². The third-order valence-electron chi connectivity index (χ3n) is 12.4. The van der Waals surface area contributed by atoms with Crippen molar-refractivity contribution in [3.8, 4) is 0 Å². The molecule has 8 nitrogen and oxygen atoms in total. The van der Waals surface area contributed by atoms with Crippen molar-refractivity contribution in [1.29, 1.82) is 0 Å². The van der Waals surface area contributed by atoms with E-state index in [4.69, 9.17) is 9.47 Å². The second-order valence-corrected chi connectivity index (χ2v) is 16.7. The van der Waals surface area contributed by atoms with Crippen molar-refractivity contribution in [3.63, 3.8) is 0 Å². The van der Waals surface area contributed by atoms with Crippen LogP contribution in [-0.4, -0.2) is 64.6 Å². The average molecular weight is 683 g/mol. The molecule has 0 aromatic carbocycles. The summed E-state index contributed by atoms with van der Waals surface area (Å²) in [5, 5.41) is 24.0. The topological polar surface area (TPSA) is 127 Å². The third-order valence-corrected chi connectivity index (χ3v) is 12.4. The molecule has 4 rings (SSSR count). The van der Waals surface area contributed by atoms with Crippen LogP contribution in [0.25, 0.3) is 0 Å². The van der Waals surface area contributed by atoms with Crippen LogP contribution in [0.15, 0.2) is 34.9 Å². The van der Waals surface area contributed by atoms with E-state index < -0.39 is 46.9 Å². The maximum absolute atomic E-state index is 14.7. The number of aliphatic hydroxyl groups excluding tert-OH is 1. The number of fused-ring (bicyclic) bond motifs is 5. The van der Waals surface area contributed by atoms with Gasteiger partial charge in [0.1, 0.15) is 17.3 Å². The standard InChI is InChI=1S/C41H62O8/c1-23(2)29-20-32(42)26(5)12-10-11-24(3)18-33(43)30-19-28(7)38-31(41(30,22-34(29)44)39(46)48-9)17-25(4)13-15-36-27(6)14-16-37(49-36)40(8,47)21-35(38)45/h17,23-24,26,29-31,35-37,45,47H,6,10-16,18-22H2,1-5,7-9H3/b25-17-/t24-,26+,29-,30+,31-,35-,36+,37+,40+,41+/m1/s1. The first-order valence-electron chi connectivity index (χ1n) is 18.7. The van der Waals surface area contributed by atoms with Gasteiger partial charge in [0.15, 0.2) is 0 Å². The number of ether oxygens (including phenoxy) is 2. The van der Waals surface area contributed by atoms with Gasteiger partial charge in [0.2, 0.25) is 0 Å². The second-order valence-electron chi connectivity index (χ2n) is 16.7. The molecule has 0 radical (unpaired) electrons. The molecule has 0 amide bonds. The summed E-state index contributed by atoms with van der Waals surface area (Å²) in [7, 11) is 1.30. The number of ketones is 3. The molecule has 8 heteroatoms. The van der Waals surface area contributed by atoms with Gasteiger partial charge in [-0.15, -0.1) is 0 Å². The molecule has 274 valence electrons. The lowest BCUT2D eigenvalue weighted by Gasteiger charge is -2.50. The summed E-state index contributed by atoms with van der Waals surface area (Å²) in [4.78, 5) is 57.3. The SMILES string of the molecule is C=C1CC[C@@H]2O[C@H]1CC/C(C)=C\[C@@H]1C(=C(C)C[C@H]3C(=O)C[C@H](C)CCC[C@H](C)C(=O)C[C@H](C(C)C)C(=O)C[C@@]13C(=O)OC)[C@H](O)C[C@]2(C)O. The summed E-state index contributed by atoms with van der Waals surface area (Å²) in [5.41, 5.74) is 0.213. The van der Waals surface area contributed by atoms with Crippen molar-refractivity contribution in [2.24, 2.45) is 40.9 Å². The Bertz CT molecular complexity index is 1350. The van der Waals surface area contributed by atoms with Crippen LogP contribution in [0.4, 0.5) is 0 Å². The van der Waals surface area contributed by atoms with E-state index in [1.807, 2.05) is 47.6 Å². The van der Waals surface area contributed by atoms with Crippen molar-refractivity contribution < 1.29 is 38.9 Å². The zero-order chi connectivity index (χ0) is 36.4. The lowest BCUT2D eigenvalue weighted by molar-refractivity contribution is -0.167. The molecule has 49 heavy (non-hydrogen) atoms. The Morgan fingerprint density at radius 1 is 1.00 bits per heavy atom. The van der Waals surface area contributed by atoms with E-state index in [0.29, 0.717) is 31.3 Å². The van der Waals surface area contributed by atoms with Crippen LogP contribution in [-0.2, 0) is 28.7 Å².